The summed E-state index contributed by atoms with van der Waals surface area (Å²) in [4.78, 5) is 22.0. The number of unbranched alkanes of at least 4 members (excludes halogenated alkanes) is 6. The van der Waals surface area contributed by atoms with Gasteiger partial charge in [-0.05, 0) is 6.42 Å². The van der Waals surface area contributed by atoms with Gasteiger partial charge in [0.15, 0.2) is 0 Å². The first kappa shape index (κ1) is 16.7. The van der Waals surface area contributed by atoms with Crippen molar-refractivity contribution in [1.29, 1.82) is 0 Å². The molecule has 0 aliphatic heterocycles. The van der Waals surface area contributed by atoms with Gasteiger partial charge in [-0.3, -0.25) is 9.59 Å². The number of nitrogens with one attached hydrogen (secondary N) is 1. The molecule has 0 fully saturated rings. The standard InChI is InChI=1S/C14H26N2O2/c1-3-4-5-6-7-8-9-10-16-14(18)12(2)11-13(15)17/h2-11H2,1H3,(H2,15,17)(H,16,18). The van der Waals surface area contributed by atoms with E-state index in [0.717, 1.165) is 12.8 Å². The first-order valence-corrected chi connectivity index (χ1v) is 6.82. The predicted molar refractivity (Wildman–Crippen MR) is 74.0 cm³/mol. The zero-order valence-electron chi connectivity index (χ0n) is 11.5. The second-order valence-electron chi connectivity index (χ2n) is 4.62. The van der Waals surface area contributed by atoms with Crippen LogP contribution >= 0.6 is 0 Å². The molecular formula is C14H26N2O2. The number of hydrogen-bond donors (Lipinski definition) is 2. The first-order valence-electron chi connectivity index (χ1n) is 6.82. The van der Waals surface area contributed by atoms with E-state index in [-0.39, 0.29) is 17.9 Å². The SMILES string of the molecule is C=C(CC(N)=O)C(=O)NCCCCCCCCC. The highest BCUT2D eigenvalue weighted by Crippen LogP contribution is 2.06. The zero-order valence-corrected chi connectivity index (χ0v) is 11.5. The lowest BCUT2D eigenvalue weighted by molar-refractivity contribution is -0.121. The van der Waals surface area contributed by atoms with E-state index < -0.39 is 5.91 Å². The third-order valence-electron chi connectivity index (χ3n) is 2.77. The minimum absolute atomic E-state index is 0.0666. The molecule has 0 atom stereocenters. The molecule has 104 valence electrons. The Morgan fingerprint density at radius 1 is 1.06 bits per heavy atom. The molecule has 0 spiro atoms. The summed E-state index contributed by atoms with van der Waals surface area (Å²) in [6.07, 6.45) is 8.41. The Balaban J connectivity index is 3.40. The molecule has 0 saturated heterocycles. The van der Waals surface area contributed by atoms with Crippen LogP contribution in [-0.4, -0.2) is 18.4 Å². The van der Waals surface area contributed by atoms with E-state index in [1.807, 2.05) is 0 Å². The quantitative estimate of drug-likeness (QED) is 0.438. The number of rotatable bonds is 11. The van der Waals surface area contributed by atoms with Crippen LogP contribution in [-0.2, 0) is 9.59 Å². The molecule has 0 rings (SSSR count). The lowest BCUT2D eigenvalue weighted by Crippen LogP contribution is -2.27. The summed E-state index contributed by atoms with van der Waals surface area (Å²) in [5.74, 6) is -0.786. The van der Waals surface area contributed by atoms with Crippen LogP contribution in [0.3, 0.4) is 0 Å². The first-order chi connectivity index (χ1) is 8.57. The van der Waals surface area contributed by atoms with E-state index >= 15 is 0 Å². The maximum Gasteiger partial charge on any atom is 0.247 e. The van der Waals surface area contributed by atoms with Gasteiger partial charge in [0, 0.05) is 12.1 Å². The van der Waals surface area contributed by atoms with Gasteiger partial charge in [0.1, 0.15) is 0 Å². The minimum Gasteiger partial charge on any atom is -0.369 e. The van der Waals surface area contributed by atoms with Crippen LogP contribution in [0.2, 0.25) is 0 Å². The largest absolute Gasteiger partial charge is 0.369 e. The maximum absolute atomic E-state index is 11.4. The Kier molecular flexibility index (Phi) is 10.0. The summed E-state index contributed by atoms with van der Waals surface area (Å²) < 4.78 is 0. The molecule has 18 heavy (non-hydrogen) atoms. The highest BCUT2D eigenvalue weighted by atomic mass is 16.2. The Morgan fingerprint density at radius 2 is 1.61 bits per heavy atom. The second-order valence-corrected chi connectivity index (χ2v) is 4.62. The van der Waals surface area contributed by atoms with Crippen molar-refractivity contribution in [2.24, 2.45) is 5.73 Å². The van der Waals surface area contributed by atoms with Gasteiger partial charge in [0.25, 0.3) is 0 Å². The fraction of sp³-hybridized carbons (Fsp3) is 0.714. The van der Waals surface area contributed by atoms with E-state index in [1.54, 1.807) is 0 Å². The van der Waals surface area contributed by atoms with Crippen LogP contribution in [0.4, 0.5) is 0 Å². The molecular weight excluding hydrogens is 228 g/mol. The van der Waals surface area contributed by atoms with Crippen LogP contribution in [0.25, 0.3) is 0 Å². The number of carbonyl (C=O) groups excluding carboxylic acids is 2. The summed E-state index contributed by atoms with van der Waals surface area (Å²) in [5, 5.41) is 2.74. The summed E-state index contributed by atoms with van der Waals surface area (Å²) in [5.41, 5.74) is 5.23. The van der Waals surface area contributed by atoms with E-state index in [2.05, 4.69) is 18.8 Å². The average Bonchev–Trinajstić information content (AvgIpc) is 2.31. The molecule has 3 N–H and O–H groups in total. The molecule has 2 amide bonds. The van der Waals surface area contributed by atoms with Crippen LogP contribution in [0, 0.1) is 0 Å². The van der Waals surface area contributed by atoms with E-state index in [0.29, 0.717) is 6.54 Å². The lowest BCUT2D eigenvalue weighted by atomic mass is 10.1. The van der Waals surface area contributed by atoms with Crippen molar-refractivity contribution in [2.75, 3.05) is 6.54 Å². The van der Waals surface area contributed by atoms with Gasteiger partial charge in [-0.15, -0.1) is 0 Å². The van der Waals surface area contributed by atoms with Crippen molar-refractivity contribution in [3.05, 3.63) is 12.2 Å². The van der Waals surface area contributed by atoms with Gasteiger partial charge in [-0.2, -0.15) is 0 Å². The second kappa shape index (κ2) is 10.8. The smallest absolute Gasteiger partial charge is 0.247 e. The molecule has 4 nitrogen and oxygen atoms in total. The lowest BCUT2D eigenvalue weighted by Gasteiger charge is -2.06. The predicted octanol–water partition coefficient (Wildman–Crippen LogP) is 2.28. The van der Waals surface area contributed by atoms with Crippen molar-refractivity contribution in [2.45, 2.75) is 58.3 Å². The van der Waals surface area contributed by atoms with Gasteiger partial charge in [-0.25, -0.2) is 0 Å². The average molecular weight is 254 g/mol. The zero-order chi connectivity index (χ0) is 13.8. The van der Waals surface area contributed by atoms with E-state index in [1.165, 1.54) is 32.1 Å². The van der Waals surface area contributed by atoms with Crippen molar-refractivity contribution in [3.8, 4) is 0 Å². The van der Waals surface area contributed by atoms with E-state index in [4.69, 9.17) is 5.73 Å². The third kappa shape index (κ3) is 9.87. The molecule has 0 aromatic carbocycles. The van der Waals surface area contributed by atoms with Gasteiger partial charge < -0.3 is 11.1 Å². The van der Waals surface area contributed by atoms with Crippen LogP contribution in [0.1, 0.15) is 58.3 Å². The number of nitrogens with two attached hydrogens (primary N) is 1. The molecule has 0 aromatic heterocycles. The topological polar surface area (TPSA) is 72.2 Å². The Morgan fingerprint density at radius 3 is 2.17 bits per heavy atom. The molecule has 0 aliphatic carbocycles. The number of amides is 2. The number of hydrogen-bond acceptors (Lipinski definition) is 2. The Hall–Kier alpha value is -1.32. The van der Waals surface area contributed by atoms with Crippen molar-refractivity contribution < 1.29 is 9.59 Å². The molecule has 0 aliphatic rings. The maximum atomic E-state index is 11.4. The normalized spacial score (nSPS) is 10.1. The molecule has 0 bridgehead atoms. The summed E-state index contributed by atoms with van der Waals surface area (Å²) in [6, 6.07) is 0. The highest BCUT2D eigenvalue weighted by Gasteiger charge is 2.08. The van der Waals surface area contributed by atoms with Gasteiger partial charge in [0.2, 0.25) is 11.8 Å². The van der Waals surface area contributed by atoms with Crippen LogP contribution in [0.5, 0.6) is 0 Å². The van der Waals surface area contributed by atoms with Crippen molar-refractivity contribution in [1.82, 2.24) is 5.32 Å². The molecule has 0 heterocycles. The number of primary amides is 1. The Bertz CT molecular complexity index is 275. The summed E-state index contributed by atoms with van der Waals surface area (Å²) in [7, 11) is 0. The molecule has 0 unspecified atom stereocenters. The molecule has 4 heteroatoms. The molecule has 0 aromatic rings. The third-order valence-corrected chi connectivity index (χ3v) is 2.77. The molecule has 0 radical (unpaired) electrons. The summed E-state index contributed by atoms with van der Waals surface area (Å²) in [6.45, 7) is 6.38. The Labute approximate surface area is 110 Å². The van der Waals surface area contributed by atoms with Crippen molar-refractivity contribution in [3.63, 3.8) is 0 Å². The summed E-state index contributed by atoms with van der Waals surface area (Å²) >= 11 is 0. The van der Waals surface area contributed by atoms with Gasteiger partial charge in [0.05, 0.1) is 6.42 Å². The fourth-order valence-corrected chi connectivity index (χ4v) is 1.70. The van der Waals surface area contributed by atoms with Gasteiger partial charge >= 0.3 is 0 Å². The van der Waals surface area contributed by atoms with E-state index in [9.17, 15) is 9.59 Å². The highest BCUT2D eigenvalue weighted by molar-refractivity contribution is 5.97. The van der Waals surface area contributed by atoms with Crippen LogP contribution in [0.15, 0.2) is 12.2 Å². The van der Waals surface area contributed by atoms with Crippen LogP contribution < -0.4 is 11.1 Å². The van der Waals surface area contributed by atoms with Crippen molar-refractivity contribution >= 4 is 11.8 Å². The minimum atomic E-state index is -0.522. The van der Waals surface area contributed by atoms with Gasteiger partial charge in [-0.1, -0.05) is 52.0 Å². The fourth-order valence-electron chi connectivity index (χ4n) is 1.70. The monoisotopic (exact) mass is 254 g/mol. The molecule has 0 saturated carbocycles. The number of carbonyl (C=O) groups is 2.